The van der Waals surface area contributed by atoms with E-state index in [1.165, 1.54) is 44.9 Å². The molecule has 112 valence electrons. The Balaban J connectivity index is 1.73. The topological polar surface area (TPSA) is 55.9 Å². The highest BCUT2D eigenvalue weighted by Crippen LogP contribution is 2.45. The highest BCUT2D eigenvalue weighted by Gasteiger charge is 2.36. The SMILES string of the molecule is CCn1ccnc1C(NN)C1CCC2CCCCC2C1. The predicted octanol–water partition coefficient (Wildman–Crippen LogP) is 3.01. The number of aryl methyl sites for hydroxylation is 1. The lowest BCUT2D eigenvalue weighted by molar-refractivity contribution is 0.106. The van der Waals surface area contributed by atoms with Gasteiger partial charge < -0.3 is 4.57 Å². The maximum absolute atomic E-state index is 5.88. The second-order valence-electron chi connectivity index (χ2n) is 6.59. The molecule has 0 radical (unpaired) electrons. The maximum atomic E-state index is 5.88. The van der Waals surface area contributed by atoms with E-state index in [1.807, 2.05) is 6.20 Å². The monoisotopic (exact) mass is 276 g/mol. The minimum Gasteiger partial charge on any atom is -0.334 e. The summed E-state index contributed by atoms with van der Waals surface area (Å²) in [4.78, 5) is 4.56. The summed E-state index contributed by atoms with van der Waals surface area (Å²) < 4.78 is 2.22. The van der Waals surface area contributed by atoms with E-state index in [1.54, 1.807) is 0 Å². The third kappa shape index (κ3) is 2.63. The molecule has 1 heterocycles. The van der Waals surface area contributed by atoms with Gasteiger partial charge in [-0.05, 0) is 43.9 Å². The van der Waals surface area contributed by atoms with Crippen LogP contribution in [0.2, 0.25) is 0 Å². The Morgan fingerprint density at radius 3 is 2.85 bits per heavy atom. The van der Waals surface area contributed by atoms with Crippen molar-refractivity contribution in [2.45, 2.75) is 64.5 Å². The Morgan fingerprint density at radius 2 is 2.10 bits per heavy atom. The Kier molecular flexibility index (Phi) is 4.41. The van der Waals surface area contributed by atoms with Crippen LogP contribution in [0, 0.1) is 17.8 Å². The number of fused-ring (bicyclic) bond motifs is 1. The van der Waals surface area contributed by atoms with Gasteiger partial charge in [0.05, 0.1) is 6.04 Å². The van der Waals surface area contributed by atoms with Crippen molar-refractivity contribution in [1.82, 2.24) is 15.0 Å². The Bertz CT molecular complexity index is 428. The average Bonchev–Trinajstić information content (AvgIpc) is 2.96. The molecule has 2 fully saturated rings. The third-order valence-corrected chi connectivity index (χ3v) is 5.60. The van der Waals surface area contributed by atoms with Crippen molar-refractivity contribution < 1.29 is 0 Å². The highest BCUT2D eigenvalue weighted by molar-refractivity contribution is 5.03. The lowest BCUT2D eigenvalue weighted by Crippen LogP contribution is -2.39. The van der Waals surface area contributed by atoms with Gasteiger partial charge in [0.25, 0.3) is 0 Å². The van der Waals surface area contributed by atoms with Crippen LogP contribution in [0.3, 0.4) is 0 Å². The second-order valence-corrected chi connectivity index (χ2v) is 6.59. The van der Waals surface area contributed by atoms with E-state index in [2.05, 4.69) is 28.1 Å². The van der Waals surface area contributed by atoms with Gasteiger partial charge in [-0.15, -0.1) is 0 Å². The van der Waals surface area contributed by atoms with Crippen LogP contribution >= 0.6 is 0 Å². The first-order valence-corrected chi connectivity index (χ1v) is 8.30. The van der Waals surface area contributed by atoms with E-state index in [-0.39, 0.29) is 6.04 Å². The molecule has 3 N–H and O–H groups in total. The van der Waals surface area contributed by atoms with Crippen LogP contribution in [-0.2, 0) is 6.54 Å². The third-order valence-electron chi connectivity index (χ3n) is 5.60. The summed E-state index contributed by atoms with van der Waals surface area (Å²) in [6, 6.07) is 0.216. The number of nitrogens with one attached hydrogen (secondary N) is 1. The minimum absolute atomic E-state index is 0.216. The normalized spacial score (nSPS) is 31.8. The van der Waals surface area contributed by atoms with Gasteiger partial charge in [-0.2, -0.15) is 0 Å². The van der Waals surface area contributed by atoms with Crippen molar-refractivity contribution in [3.8, 4) is 0 Å². The van der Waals surface area contributed by atoms with Gasteiger partial charge in [0, 0.05) is 18.9 Å². The van der Waals surface area contributed by atoms with Crippen molar-refractivity contribution in [1.29, 1.82) is 0 Å². The molecule has 4 unspecified atom stereocenters. The molecule has 4 nitrogen and oxygen atoms in total. The molecule has 4 heteroatoms. The maximum Gasteiger partial charge on any atom is 0.127 e. The van der Waals surface area contributed by atoms with Crippen LogP contribution in [0.4, 0.5) is 0 Å². The fourth-order valence-electron chi connectivity index (χ4n) is 4.50. The van der Waals surface area contributed by atoms with Gasteiger partial charge in [-0.3, -0.25) is 5.84 Å². The second kappa shape index (κ2) is 6.27. The molecule has 0 amide bonds. The molecule has 0 aliphatic heterocycles. The Labute approximate surface area is 122 Å². The van der Waals surface area contributed by atoms with Crippen molar-refractivity contribution in [2.75, 3.05) is 0 Å². The van der Waals surface area contributed by atoms with Crippen molar-refractivity contribution in [2.24, 2.45) is 23.6 Å². The van der Waals surface area contributed by atoms with Crippen LogP contribution in [0.1, 0.15) is 63.7 Å². The van der Waals surface area contributed by atoms with Crippen LogP contribution < -0.4 is 11.3 Å². The molecule has 0 spiro atoms. The zero-order chi connectivity index (χ0) is 13.9. The van der Waals surface area contributed by atoms with E-state index in [4.69, 9.17) is 5.84 Å². The van der Waals surface area contributed by atoms with Crippen LogP contribution in [0.15, 0.2) is 12.4 Å². The zero-order valence-corrected chi connectivity index (χ0v) is 12.6. The fraction of sp³-hybridized carbons (Fsp3) is 0.812. The lowest BCUT2D eigenvalue weighted by atomic mass is 9.66. The summed E-state index contributed by atoms with van der Waals surface area (Å²) in [6.45, 7) is 3.13. The molecule has 0 aromatic carbocycles. The van der Waals surface area contributed by atoms with Gasteiger partial charge in [-0.25, -0.2) is 10.4 Å². The van der Waals surface area contributed by atoms with E-state index in [9.17, 15) is 0 Å². The largest absolute Gasteiger partial charge is 0.334 e. The van der Waals surface area contributed by atoms with Crippen molar-refractivity contribution in [3.63, 3.8) is 0 Å². The molecule has 2 saturated carbocycles. The van der Waals surface area contributed by atoms with Gasteiger partial charge in [0.15, 0.2) is 0 Å². The number of rotatable bonds is 4. The molecular formula is C16H28N4. The summed E-state index contributed by atoms with van der Waals surface area (Å²) in [5.41, 5.74) is 3.06. The molecule has 20 heavy (non-hydrogen) atoms. The summed E-state index contributed by atoms with van der Waals surface area (Å²) in [6.07, 6.45) is 13.7. The smallest absolute Gasteiger partial charge is 0.127 e. The quantitative estimate of drug-likeness (QED) is 0.656. The standard InChI is InChI=1S/C16H28N4/c1-2-20-10-9-18-16(20)15(19-17)14-8-7-12-5-3-4-6-13(12)11-14/h9-10,12-15,19H,2-8,11,17H2,1H3. The van der Waals surface area contributed by atoms with E-state index in [0.717, 1.165) is 24.2 Å². The van der Waals surface area contributed by atoms with E-state index in [0.29, 0.717) is 5.92 Å². The van der Waals surface area contributed by atoms with Crippen LogP contribution in [0.5, 0.6) is 0 Å². The number of hydrogen-bond acceptors (Lipinski definition) is 3. The first kappa shape index (κ1) is 14.1. The average molecular weight is 276 g/mol. The summed E-state index contributed by atoms with van der Waals surface area (Å²) in [5.74, 6) is 9.57. The molecule has 0 bridgehead atoms. The fourth-order valence-corrected chi connectivity index (χ4v) is 4.50. The molecule has 1 aromatic heterocycles. The molecule has 1 aromatic rings. The van der Waals surface area contributed by atoms with Gasteiger partial charge in [-0.1, -0.05) is 25.7 Å². The van der Waals surface area contributed by atoms with Crippen molar-refractivity contribution >= 4 is 0 Å². The van der Waals surface area contributed by atoms with Gasteiger partial charge >= 0.3 is 0 Å². The molecule has 0 saturated heterocycles. The number of imidazole rings is 1. The molecule has 2 aliphatic carbocycles. The van der Waals surface area contributed by atoms with Gasteiger partial charge in [0.1, 0.15) is 5.82 Å². The Morgan fingerprint density at radius 1 is 1.30 bits per heavy atom. The summed E-state index contributed by atoms with van der Waals surface area (Å²) >= 11 is 0. The number of aromatic nitrogens is 2. The van der Waals surface area contributed by atoms with E-state index >= 15 is 0 Å². The first-order chi connectivity index (χ1) is 9.83. The number of hydrazine groups is 1. The number of nitrogens with zero attached hydrogens (tertiary/aromatic N) is 2. The first-order valence-electron chi connectivity index (χ1n) is 8.30. The predicted molar refractivity (Wildman–Crippen MR) is 80.8 cm³/mol. The molecule has 2 aliphatic rings. The number of hydrogen-bond donors (Lipinski definition) is 2. The van der Waals surface area contributed by atoms with Gasteiger partial charge in [0.2, 0.25) is 0 Å². The van der Waals surface area contributed by atoms with Crippen LogP contribution in [0.25, 0.3) is 0 Å². The van der Waals surface area contributed by atoms with Crippen molar-refractivity contribution in [3.05, 3.63) is 18.2 Å². The molecule has 3 rings (SSSR count). The number of nitrogens with two attached hydrogens (primary N) is 1. The molecule has 4 atom stereocenters. The summed E-state index contributed by atoms with van der Waals surface area (Å²) in [5, 5.41) is 0. The summed E-state index contributed by atoms with van der Waals surface area (Å²) in [7, 11) is 0. The zero-order valence-electron chi connectivity index (χ0n) is 12.6. The Hall–Kier alpha value is -0.870. The lowest BCUT2D eigenvalue weighted by Gasteiger charge is -2.41. The minimum atomic E-state index is 0.216. The highest BCUT2D eigenvalue weighted by atomic mass is 15.3. The van der Waals surface area contributed by atoms with Crippen LogP contribution in [-0.4, -0.2) is 9.55 Å². The molecular weight excluding hydrogens is 248 g/mol. The van der Waals surface area contributed by atoms with E-state index < -0.39 is 0 Å².